The van der Waals surface area contributed by atoms with E-state index >= 15 is 0 Å². The van der Waals surface area contributed by atoms with Crippen LogP contribution in [0.4, 0.5) is 0 Å². The van der Waals surface area contributed by atoms with Crippen LogP contribution in [0.15, 0.2) is 0 Å². The number of nitrogens with zero attached hydrogens (tertiary/aromatic N) is 2. The normalized spacial score (nSPS) is 32.9. The first-order valence-electron chi connectivity index (χ1n) is 7.67. The second kappa shape index (κ2) is 4.55. The van der Waals surface area contributed by atoms with Crippen LogP contribution < -0.4 is 0 Å². The number of hydrogen-bond acceptors (Lipinski definition) is 2. The van der Waals surface area contributed by atoms with Crippen molar-refractivity contribution in [3.63, 3.8) is 0 Å². The van der Waals surface area contributed by atoms with Crippen LogP contribution in [0.1, 0.15) is 40.0 Å². The molecule has 0 N–H and O–H groups in total. The molecule has 0 spiro atoms. The molecule has 1 saturated carbocycles. The van der Waals surface area contributed by atoms with Gasteiger partial charge in [0, 0.05) is 18.9 Å². The van der Waals surface area contributed by atoms with Crippen molar-refractivity contribution in [2.45, 2.75) is 40.0 Å². The average Bonchev–Trinajstić information content (AvgIpc) is 2.48. The SMILES string of the molecule is CC12CCC(C(=O)N(CCC[N+](C)(C)C)C1=O)C2(C)C. The number of carbonyl (C=O) groups is 2. The zero-order valence-electron chi connectivity index (χ0n) is 13.8. The molecule has 0 radical (unpaired) electrons. The molecule has 2 bridgehead atoms. The number of imide groups is 1. The van der Waals surface area contributed by atoms with Crippen molar-refractivity contribution in [3.8, 4) is 0 Å². The molecule has 2 rings (SSSR count). The van der Waals surface area contributed by atoms with Gasteiger partial charge in [-0.25, -0.2) is 0 Å². The number of hydrogen-bond donors (Lipinski definition) is 0. The number of piperidine rings is 1. The maximum atomic E-state index is 12.8. The minimum Gasteiger partial charge on any atom is -0.331 e. The Morgan fingerprint density at radius 1 is 1.20 bits per heavy atom. The van der Waals surface area contributed by atoms with Crippen LogP contribution in [0.2, 0.25) is 0 Å². The highest BCUT2D eigenvalue weighted by Crippen LogP contribution is 2.59. The molecule has 2 atom stereocenters. The fourth-order valence-corrected chi connectivity index (χ4v) is 3.82. The van der Waals surface area contributed by atoms with Crippen LogP contribution in [-0.2, 0) is 9.59 Å². The molecular formula is C16H29N2O2+. The molecule has 4 nitrogen and oxygen atoms in total. The molecule has 20 heavy (non-hydrogen) atoms. The molecule has 2 amide bonds. The predicted octanol–water partition coefficient (Wildman–Crippen LogP) is 1.89. The zero-order chi connectivity index (χ0) is 15.3. The largest absolute Gasteiger partial charge is 0.331 e. The number of quaternary nitrogens is 1. The summed E-state index contributed by atoms with van der Waals surface area (Å²) < 4.78 is 0.864. The third-order valence-corrected chi connectivity index (χ3v) is 5.72. The Balaban J connectivity index is 2.13. The summed E-state index contributed by atoms with van der Waals surface area (Å²) in [7, 11) is 6.40. The van der Waals surface area contributed by atoms with Gasteiger partial charge in [-0.2, -0.15) is 0 Å². The van der Waals surface area contributed by atoms with E-state index in [1.807, 2.05) is 0 Å². The van der Waals surface area contributed by atoms with Gasteiger partial charge in [0.2, 0.25) is 11.8 Å². The van der Waals surface area contributed by atoms with Gasteiger partial charge in [-0.15, -0.1) is 0 Å². The second-order valence-electron chi connectivity index (χ2n) is 8.31. The minimum absolute atomic E-state index is 0.0225. The molecule has 1 saturated heterocycles. The molecule has 0 aromatic heterocycles. The quantitative estimate of drug-likeness (QED) is 0.583. The lowest BCUT2D eigenvalue weighted by Gasteiger charge is -2.47. The van der Waals surface area contributed by atoms with Crippen molar-refractivity contribution in [2.75, 3.05) is 34.2 Å². The molecule has 114 valence electrons. The number of fused-ring (bicyclic) bond motifs is 2. The van der Waals surface area contributed by atoms with Gasteiger partial charge in [-0.1, -0.05) is 20.8 Å². The lowest BCUT2D eigenvalue weighted by Crippen LogP contribution is -2.59. The predicted molar refractivity (Wildman–Crippen MR) is 78.8 cm³/mol. The van der Waals surface area contributed by atoms with Crippen LogP contribution in [0.25, 0.3) is 0 Å². The third-order valence-electron chi connectivity index (χ3n) is 5.72. The molecule has 4 heteroatoms. The van der Waals surface area contributed by atoms with E-state index in [9.17, 15) is 9.59 Å². The van der Waals surface area contributed by atoms with Gasteiger partial charge in [0.1, 0.15) is 0 Å². The van der Waals surface area contributed by atoms with Crippen LogP contribution >= 0.6 is 0 Å². The smallest absolute Gasteiger partial charge is 0.235 e. The summed E-state index contributed by atoms with van der Waals surface area (Å²) in [6.45, 7) is 7.78. The van der Waals surface area contributed by atoms with Crippen molar-refractivity contribution in [3.05, 3.63) is 0 Å². The number of rotatable bonds is 4. The molecule has 0 aromatic carbocycles. The summed E-state index contributed by atoms with van der Waals surface area (Å²) in [4.78, 5) is 26.9. The van der Waals surface area contributed by atoms with Gasteiger partial charge >= 0.3 is 0 Å². The Hall–Kier alpha value is -0.900. The summed E-state index contributed by atoms with van der Waals surface area (Å²) >= 11 is 0. The van der Waals surface area contributed by atoms with Crippen molar-refractivity contribution in [1.29, 1.82) is 0 Å². The summed E-state index contributed by atoms with van der Waals surface area (Å²) in [6, 6.07) is 0. The lowest BCUT2D eigenvalue weighted by molar-refractivity contribution is -0.870. The van der Waals surface area contributed by atoms with E-state index in [4.69, 9.17) is 0 Å². The first-order valence-corrected chi connectivity index (χ1v) is 7.67. The van der Waals surface area contributed by atoms with E-state index in [1.165, 1.54) is 0 Å². The molecule has 2 aliphatic rings. The Morgan fingerprint density at radius 2 is 1.80 bits per heavy atom. The van der Waals surface area contributed by atoms with Crippen LogP contribution in [0.3, 0.4) is 0 Å². The number of likely N-dealkylation sites (tertiary alicyclic amines) is 1. The molecule has 1 aliphatic heterocycles. The highest BCUT2D eigenvalue weighted by molar-refractivity contribution is 6.03. The van der Waals surface area contributed by atoms with Crippen molar-refractivity contribution in [1.82, 2.24) is 4.90 Å². The van der Waals surface area contributed by atoms with Gasteiger partial charge in [0.05, 0.1) is 33.1 Å². The highest BCUT2D eigenvalue weighted by atomic mass is 16.2. The molecular weight excluding hydrogens is 252 g/mol. The fourth-order valence-electron chi connectivity index (χ4n) is 3.82. The summed E-state index contributed by atoms with van der Waals surface area (Å²) in [6.07, 6.45) is 2.59. The van der Waals surface area contributed by atoms with E-state index in [0.717, 1.165) is 30.3 Å². The first kappa shape index (κ1) is 15.5. The number of carbonyl (C=O) groups excluding carboxylic acids is 2. The van der Waals surface area contributed by atoms with Gasteiger partial charge in [-0.05, 0) is 18.3 Å². The Morgan fingerprint density at radius 3 is 2.35 bits per heavy atom. The Kier molecular flexibility index (Phi) is 3.52. The van der Waals surface area contributed by atoms with Crippen molar-refractivity contribution in [2.24, 2.45) is 16.7 Å². The van der Waals surface area contributed by atoms with Crippen LogP contribution in [0.5, 0.6) is 0 Å². The second-order valence-corrected chi connectivity index (χ2v) is 8.31. The van der Waals surface area contributed by atoms with E-state index < -0.39 is 0 Å². The third kappa shape index (κ3) is 2.18. The van der Waals surface area contributed by atoms with Gasteiger partial charge in [-0.3, -0.25) is 14.5 Å². The molecule has 1 heterocycles. The monoisotopic (exact) mass is 281 g/mol. The van der Waals surface area contributed by atoms with Gasteiger partial charge < -0.3 is 4.48 Å². The molecule has 2 unspecified atom stereocenters. The molecule has 0 aromatic rings. The first-order chi connectivity index (χ1) is 9.01. The maximum absolute atomic E-state index is 12.8. The standard InChI is InChI=1S/C16H29N2O2/c1-15(2)12-8-9-16(15,3)14(20)17(13(12)19)10-7-11-18(4,5)6/h12H,7-11H2,1-6H3/q+1. The Bertz CT molecular complexity index is 436. The maximum Gasteiger partial charge on any atom is 0.235 e. The van der Waals surface area contributed by atoms with Gasteiger partial charge in [0.25, 0.3) is 0 Å². The Labute approximate surface area is 122 Å². The van der Waals surface area contributed by atoms with E-state index in [0.29, 0.717) is 6.54 Å². The van der Waals surface area contributed by atoms with Crippen molar-refractivity contribution >= 4 is 11.8 Å². The van der Waals surface area contributed by atoms with Gasteiger partial charge in [0.15, 0.2) is 0 Å². The zero-order valence-corrected chi connectivity index (χ0v) is 13.8. The average molecular weight is 281 g/mol. The highest BCUT2D eigenvalue weighted by Gasteiger charge is 2.64. The minimum atomic E-state index is -0.359. The fraction of sp³-hybridized carbons (Fsp3) is 0.875. The topological polar surface area (TPSA) is 37.4 Å². The van der Waals surface area contributed by atoms with Crippen LogP contribution in [0, 0.1) is 16.7 Å². The van der Waals surface area contributed by atoms with E-state index in [-0.39, 0.29) is 28.6 Å². The lowest BCUT2D eigenvalue weighted by atomic mass is 9.62. The van der Waals surface area contributed by atoms with Crippen molar-refractivity contribution < 1.29 is 14.1 Å². The summed E-state index contributed by atoms with van der Waals surface area (Å²) in [5, 5.41) is 0. The number of amides is 2. The summed E-state index contributed by atoms with van der Waals surface area (Å²) in [5.74, 6) is 0.147. The molecule has 1 aliphatic carbocycles. The van der Waals surface area contributed by atoms with E-state index in [1.54, 1.807) is 4.90 Å². The van der Waals surface area contributed by atoms with Crippen LogP contribution in [-0.4, -0.2) is 55.4 Å². The summed E-state index contributed by atoms with van der Waals surface area (Å²) in [5.41, 5.74) is -0.556. The molecule has 2 fully saturated rings. The van der Waals surface area contributed by atoms with E-state index in [2.05, 4.69) is 41.9 Å².